The highest BCUT2D eigenvalue weighted by molar-refractivity contribution is 7.89. The third kappa shape index (κ3) is 5.30. The van der Waals surface area contributed by atoms with E-state index in [4.69, 9.17) is 4.74 Å². The van der Waals surface area contributed by atoms with Crippen molar-refractivity contribution in [2.75, 3.05) is 6.61 Å². The topological polar surface area (TPSA) is 84.5 Å². The normalized spacial score (nSPS) is 15.2. The minimum absolute atomic E-state index is 0.0570. The van der Waals surface area contributed by atoms with E-state index in [1.165, 1.54) is 6.07 Å². The van der Waals surface area contributed by atoms with Gasteiger partial charge >= 0.3 is 0 Å². The zero-order chi connectivity index (χ0) is 19.4. The molecule has 0 bridgehead atoms. The average molecular weight is 388 g/mol. The van der Waals surface area contributed by atoms with Crippen molar-refractivity contribution in [3.8, 4) is 5.75 Å². The minimum Gasteiger partial charge on any atom is -0.484 e. The van der Waals surface area contributed by atoms with E-state index in [9.17, 15) is 13.2 Å². The van der Waals surface area contributed by atoms with Crippen molar-refractivity contribution in [2.24, 2.45) is 0 Å². The van der Waals surface area contributed by atoms with Crippen LogP contribution in [0, 0.1) is 6.92 Å². The van der Waals surface area contributed by atoms with Crippen LogP contribution < -0.4 is 14.8 Å². The number of rotatable bonds is 8. The number of hydrogen-bond acceptors (Lipinski definition) is 4. The smallest absolute Gasteiger partial charge is 0.258 e. The highest BCUT2D eigenvalue weighted by Crippen LogP contribution is 2.25. The summed E-state index contributed by atoms with van der Waals surface area (Å²) in [6.07, 6.45) is 1.77. The van der Waals surface area contributed by atoms with Gasteiger partial charge in [-0.25, -0.2) is 13.1 Å². The molecule has 1 aliphatic rings. The molecule has 1 unspecified atom stereocenters. The summed E-state index contributed by atoms with van der Waals surface area (Å²) in [5.41, 5.74) is 1.68. The summed E-state index contributed by atoms with van der Waals surface area (Å²) < 4.78 is 32.7. The first-order valence-electron chi connectivity index (χ1n) is 8.95. The van der Waals surface area contributed by atoms with Gasteiger partial charge in [-0.15, -0.1) is 0 Å². The summed E-state index contributed by atoms with van der Waals surface area (Å²) in [6, 6.07) is 14.2. The van der Waals surface area contributed by atoms with Gasteiger partial charge in [0.05, 0.1) is 10.9 Å². The van der Waals surface area contributed by atoms with E-state index in [2.05, 4.69) is 10.0 Å². The first-order valence-corrected chi connectivity index (χ1v) is 10.4. The molecule has 2 aromatic carbocycles. The first kappa shape index (κ1) is 19.4. The zero-order valence-corrected chi connectivity index (χ0v) is 16.3. The third-order valence-corrected chi connectivity index (χ3v) is 5.91. The van der Waals surface area contributed by atoms with Crippen LogP contribution in [0.25, 0.3) is 0 Å². The molecule has 2 N–H and O–H groups in total. The maximum Gasteiger partial charge on any atom is 0.258 e. The predicted octanol–water partition coefficient (Wildman–Crippen LogP) is 2.69. The standard InChI is InChI=1S/C20H24N2O4S/c1-14-12-18(27(24,25)22-17-8-9-17)10-11-19(14)26-13-20(23)21-15(2)16-6-4-3-5-7-16/h3-7,10-12,15,17,22H,8-9,13H2,1-2H3,(H,21,23). The molecule has 1 atom stereocenters. The second-order valence-corrected chi connectivity index (χ2v) is 8.53. The summed E-state index contributed by atoms with van der Waals surface area (Å²) in [4.78, 5) is 12.3. The van der Waals surface area contributed by atoms with Crippen molar-refractivity contribution in [1.29, 1.82) is 0 Å². The van der Waals surface area contributed by atoms with Gasteiger partial charge in [0.2, 0.25) is 10.0 Å². The van der Waals surface area contributed by atoms with Crippen molar-refractivity contribution in [3.63, 3.8) is 0 Å². The molecule has 1 fully saturated rings. The highest BCUT2D eigenvalue weighted by atomic mass is 32.2. The van der Waals surface area contributed by atoms with Crippen LogP contribution in [0.3, 0.4) is 0 Å². The highest BCUT2D eigenvalue weighted by Gasteiger charge is 2.28. The molecule has 1 amide bonds. The van der Waals surface area contributed by atoms with Gasteiger partial charge in [0.15, 0.2) is 6.61 Å². The van der Waals surface area contributed by atoms with E-state index in [-0.39, 0.29) is 29.5 Å². The lowest BCUT2D eigenvalue weighted by Crippen LogP contribution is -2.31. The summed E-state index contributed by atoms with van der Waals surface area (Å²) in [5.74, 6) is 0.251. The van der Waals surface area contributed by atoms with Crippen molar-refractivity contribution in [3.05, 3.63) is 59.7 Å². The quantitative estimate of drug-likeness (QED) is 0.728. The number of benzene rings is 2. The summed E-state index contributed by atoms with van der Waals surface area (Å²) in [7, 11) is -3.50. The van der Waals surface area contributed by atoms with Gasteiger partial charge in [-0.05, 0) is 56.0 Å². The van der Waals surface area contributed by atoms with E-state index >= 15 is 0 Å². The van der Waals surface area contributed by atoms with Crippen LogP contribution in [0.2, 0.25) is 0 Å². The number of aryl methyl sites for hydroxylation is 1. The average Bonchev–Trinajstić information content (AvgIpc) is 3.44. The SMILES string of the molecule is Cc1cc(S(=O)(=O)NC2CC2)ccc1OCC(=O)NC(C)c1ccccc1. The van der Waals surface area contributed by atoms with Crippen LogP contribution in [0.5, 0.6) is 5.75 Å². The molecule has 3 rings (SSSR count). The number of amides is 1. The molecule has 0 aliphatic heterocycles. The van der Waals surface area contributed by atoms with Crippen molar-refractivity contribution < 1.29 is 17.9 Å². The molecule has 0 spiro atoms. The fourth-order valence-corrected chi connectivity index (χ4v) is 4.08. The lowest BCUT2D eigenvalue weighted by Gasteiger charge is -2.15. The Labute approximate surface area is 160 Å². The number of hydrogen-bond donors (Lipinski definition) is 2. The van der Waals surface area contributed by atoms with E-state index in [0.717, 1.165) is 18.4 Å². The van der Waals surface area contributed by atoms with E-state index in [1.807, 2.05) is 37.3 Å². The van der Waals surface area contributed by atoms with E-state index in [0.29, 0.717) is 11.3 Å². The minimum atomic E-state index is -3.50. The molecule has 144 valence electrons. The number of carbonyl (C=O) groups is 1. The van der Waals surface area contributed by atoms with Crippen LogP contribution in [-0.2, 0) is 14.8 Å². The molecule has 0 saturated heterocycles. The van der Waals surface area contributed by atoms with Crippen molar-refractivity contribution in [1.82, 2.24) is 10.0 Å². The Bertz CT molecular complexity index is 909. The maximum absolute atomic E-state index is 12.3. The molecular formula is C20H24N2O4S. The van der Waals surface area contributed by atoms with Gasteiger partial charge in [0, 0.05) is 6.04 Å². The van der Waals surface area contributed by atoms with Gasteiger partial charge in [0.1, 0.15) is 5.75 Å². The van der Waals surface area contributed by atoms with Crippen molar-refractivity contribution in [2.45, 2.75) is 43.7 Å². The van der Waals surface area contributed by atoms with E-state index < -0.39 is 10.0 Å². The van der Waals surface area contributed by atoms with Gasteiger partial charge in [-0.1, -0.05) is 30.3 Å². The van der Waals surface area contributed by atoms with Crippen LogP contribution in [0.4, 0.5) is 0 Å². The molecule has 27 heavy (non-hydrogen) atoms. The second kappa shape index (κ2) is 8.10. The summed E-state index contributed by atoms with van der Waals surface area (Å²) >= 11 is 0. The van der Waals surface area contributed by atoms with Crippen molar-refractivity contribution >= 4 is 15.9 Å². The third-order valence-electron chi connectivity index (χ3n) is 4.39. The summed E-state index contributed by atoms with van der Waals surface area (Å²) in [6.45, 7) is 3.53. The molecule has 0 radical (unpaired) electrons. The van der Waals surface area contributed by atoms with Gasteiger partial charge in [0.25, 0.3) is 5.91 Å². The predicted molar refractivity (Wildman–Crippen MR) is 103 cm³/mol. The molecule has 7 heteroatoms. The first-order chi connectivity index (χ1) is 12.8. The van der Waals surface area contributed by atoms with Crippen LogP contribution in [-0.4, -0.2) is 27.0 Å². The van der Waals surface area contributed by atoms with Gasteiger partial charge in [-0.3, -0.25) is 4.79 Å². The number of carbonyl (C=O) groups excluding carboxylic acids is 1. The number of nitrogens with one attached hydrogen (secondary N) is 2. The maximum atomic E-state index is 12.3. The Hall–Kier alpha value is -2.38. The molecule has 1 aliphatic carbocycles. The molecular weight excluding hydrogens is 364 g/mol. The Balaban J connectivity index is 1.57. The fourth-order valence-electron chi connectivity index (χ4n) is 2.69. The molecule has 2 aromatic rings. The molecule has 6 nitrogen and oxygen atoms in total. The van der Waals surface area contributed by atoms with Crippen LogP contribution in [0.15, 0.2) is 53.4 Å². The lowest BCUT2D eigenvalue weighted by atomic mass is 10.1. The van der Waals surface area contributed by atoms with Crippen LogP contribution >= 0.6 is 0 Å². The molecule has 1 saturated carbocycles. The Morgan fingerprint density at radius 3 is 2.52 bits per heavy atom. The monoisotopic (exact) mass is 388 g/mol. The van der Waals surface area contributed by atoms with Crippen LogP contribution in [0.1, 0.15) is 36.9 Å². The Morgan fingerprint density at radius 1 is 1.19 bits per heavy atom. The van der Waals surface area contributed by atoms with Gasteiger partial charge < -0.3 is 10.1 Å². The fraction of sp³-hybridized carbons (Fsp3) is 0.350. The second-order valence-electron chi connectivity index (χ2n) is 6.81. The lowest BCUT2D eigenvalue weighted by molar-refractivity contribution is -0.123. The number of sulfonamides is 1. The number of ether oxygens (including phenoxy) is 1. The molecule has 0 heterocycles. The largest absolute Gasteiger partial charge is 0.484 e. The Kier molecular flexibility index (Phi) is 5.82. The Morgan fingerprint density at radius 2 is 1.89 bits per heavy atom. The van der Waals surface area contributed by atoms with Gasteiger partial charge in [-0.2, -0.15) is 0 Å². The summed E-state index contributed by atoms with van der Waals surface area (Å²) in [5, 5.41) is 2.88. The molecule has 0 aromatic heterocycles. The zero-order valence-electron chi connectivity index (χ0n) is 15.4. The van der Waals surface area contributed by atoms with E-state index in [1.54, 1.807) is 19.1 Å².